The summed E-state index contributed by atoms with van der Waals surface area (Å²) < 4.78 is 19.1. The lowest BCUT2D eigenvalue weighted by Crippen LogP contribution is -1.99. The molecule has 0 aromatic heterocycles. The van der Waals surface area contributed by atoms with E-state index < -0.39 is 5.82 Å². The van der Waals surface area contributed by atoms with E-state index in [1.54, 1.807) is 12.1 Å². The van der Waals surface area contributed by atoms with E-state index in [0.29, 0.717) is 17.3 Å². The van der Waals surface area contributed by atoms with Gasteiger partial charge in [-0.25, -0.2) is 4.39 Å². The van der Waals surface area contributed by atoms with E-state index in [0.717, 1.165) is 16.2 Å². The highest BCUT2D eigenvalue weighted by atomic mass is 35.5. The lowest BCUT2D eigenvalue weighted by molar-refractivity contribution is 0.300. The van der Waals surface area contributed by atoms with Crippen molar-refractivity contribution in [2.75, 3.05) is 12.3 Å². The molecule has 20 heavy (non-hydrogen) atoms. The first kappa shape index (κ1) is 15.0. The molecule has 0 saturated heterocycles. The van der Waals surface area contributed by atoms with Crippen LogP contribution in [0.25, 0.3) is 0 Å². The van der Waals surface area contributed by atoms with Crippen molar-refractivity contribution in [1.82, 2.24) is 0 Å². The fraction of sp³-hybridized carbons (Fsp3) is 0.200. The Bertz CT molecular complexity index is 606. The second kappa shape index (κ2) is 6.86. The first-order valence-electron chi connectivity index (χ1n) is 6.26. The summed E-state index contributed by atoms with van der Waals surface area (Å²) in [6.07, 6.45) is 0.816. The molecule has 5 heteroatoms. The lowest BCUT2D eigenvalue weighted by atomic mass is 10.3. The average Bonchev–Trinajstić information content (AvgIpc) is 2.43. The number of halogens is 2. The highest BCUT2D eigenvalue weighted by molar-refractivity contribution is 7.99. The van der Waals surface area contributed by atoms with Gasteiger partial charge in [-0.15, -0.1) is 0 Å². The minimum atomic E-state index is -0.445. The Kier molecular flexibility index (Phi) is 5.15. The van der Waals surface area contributed by atoms with Gasteiger partial charge in [-0.3, -0.25) is 0 Å². The molecule has 0 atom stereocenters. The molecular weight excluding hydrogens is 297 g/mol. The van der Waals surface area contributed by atoms with Crippen LogP contribution in [0.15, 0.2) is 46.2 Å². The third kappa shape index (κ3) is 3.58. The van der Waals surface area contributed by atoms with Gasteiger partial charge < -0.3 is 10.5 Å². The van der Waals surface area contributed by atoms with E-state index in [9.17, 15) is 4.39 Å². The van der Waals surface area contributed by atoms with E-state index in [1.807, 2.05) is 25.1 Å². The van der Waals surface area contributed by atoms with Crippen LogP contribution in [0.3, 0.4) is 0 Å². The molecular formula is C15H15ClFNOS. The molecule has 0 aliphatic carbocycles. The van der Waals surface area contributed by atoms with Crippen LogP contribution in [0.4, 0.5) is 10.1 Å². The number of rotatable bonds is 5. The van der Waals surface area contributed by atoms with Gasteiger partial charge in [0.25, 0.3) is 0 Å². The highest BCUT2D eigenvalue weighted by Gasteiger charge is 2.11. The van der Waals surface area contributed by atoms with E-state index in [4.69, 9.17) is 22.1 Å². The molecule has 0 bridgehead atoms. The maximum absolute atomic E-state index is 13.7. The summed E-state index contributed by atoms with van der Waals surface area (Å²) in [4.78, 5) is 1.60. The van der Waals surface area contributed by atoms with E-state index in [2.05, 4.69) is 0 Å². The summed E-state index contributed by atoms with van der Waals surface area (Å²) >= 11 is 7.51. The van der Waals surface area contributed by atoms with Crippen molar-refractivity contribution in [1.29, 1.82) is 0 Å². The average molecular weight is 312 g/mol. The monoisotopic (exact) mass is 311 g/mol. The van der Waals surface area contributed by atoms with E-state index >= 15 is 0 Å². The van der Waals surface area contributed by atoms with Gasteiger partial charge in [-0.1, -0.05) is 42.4 Å². The van der Waals surface area contributed by atoms with Crippen LogP contribution in [0.2, 0.25) is 5.02 Å². The Balaban J connectivity index is 2.29. The van der Waals surface area contributed by atoms with Gasteiger partial charge in [0.15, 0.2) is 11.6 Å². The SMILES string of the molecule is CCCOc1cc(Sc2ccccc2Cl)c(N)cc1F. The second-order valence-electron chi connectivity index (χ2n) is 4.20. The number of benzene rings is 2. The first-order chi connectivity index (χ1) is 9.61. The molecule has 0 aliphatic rings. The lowest BCUT2D eigenvalue weighted by Gasteiger charge is -2.11. The minimum absolute atomic E-state index is 0.218. The van der Waals surface area contributed by atoms with Crippen molar-refractivity contribution >= 4 is 29.1 Å². The van der Waals surface area contributed by atoms with Gasteiger partial charge >= 0.3 is 0 Å². The van der Waals surface area contributed by atoms with E-state index in [1.165, 1.54) is 17.8 Å². The molecule has 0 radical (unpaired) electrons. The molecule has 0 saturated carbocycles. The molecule has 0 heterocycles. The van der Waals surface area contributed by atoms with E-state index in [-0.39, 0.29) is 5.75 Å². The molecule has 2 rings (SSSR count). The Morgan fingerprint density at radius 3 is 2.70 bits per heavy atom. The van der Waals surface area contributed by atoms with Gasteiger partial charge in [-0.05, 0) is 24.6 Å². The van der Waals surface area contributed by atoms with Crippen molar-refractivity contribution in [3.05, 3.63) is 47.2 Å². The van der Waals surface area contributed by atoms with Crippen molar-refractivity contribution in [2.24, 2.45) is 0 Å². The fourth-order valence-corrected chi connectivity index (χ4v) is 2.75. The molecule has 2 aromatic rings. The Morgan fingerprint density at radius 2 is 2.00 bits per heavy atom. The molecule has 0 spiro atoms. The quantitative estimate of drug-likeness (QED) is 0.789. The largest absolute Gasteiger partial charge is 0.490 e. The topological polar surface area (TPSA) is 35.2 Å². The fourth-order valence-electron chi connectivity index (χ4n) is 1.61. The molecule has 2 N–H and O–H groups in total. The van der Waals surface area contributed by atoms with Crippen LogP contribution in [0.1, 0.15) is 13.3 Å². The van der Waals surface area contributed by atoms with Crippen molar-refractivity contribution < 1.29 is 9.13 Å². The Hall–Kier alpha value is -1.39. The summed E-state index contributed by atoms with van der Waals surface area (Å²) in [6.45, 7) is 2.44. The van der Waals surface area contributed by atoms with Crippen LogP contribution < -0.4 is 10.5 Å². The van der Waals surface area contributed by atoms with Gasteiger partial charge in [0.1, 0.15) is 0 Å². The minimum Gasteiger partial charge on any atom is -0.490 e. The summed E-state index contributed by atoms with van der Waals surface area (Å²) in [5.41, 5.74) is 6.23. The van der Waals surface area contributed by atoms with Crippen LogP contribution >= 0.6 is 23.4 Å². The first-order valence-corrected chi connectivity index (χ1v) is 7.45. The van der Waals surface area contributed by atoms with Gasteiger partial charge in [0.05, 0.1) is 11.6 Å². The third-order valence-corrected chi connectivity index (χ3v) is 4.17. The van der Waals surface area contributed by atoms with Crippen molar-refractivity contribution in [2.45, 2.75) is 23.1 Å². The van der Waals surface area contributed by atoms with Gasteiger partial charge in [-0.2, -0.15) is 0 Å². The van der Waals surface area contributed by atoms with Crippen LogP contribution in [-0.4, -0.2) is 6.61 Å². The standard InChI is InChI=1S/C15H15ClFNOS/c1-2-7-19-13-9-15(12(18)8-11(13)17)20-14-6-4-3-5-10(14)16/h3-6,8-9H,2,7,18H2,1H3. The van der Waals surface area contributed by atoms with Crippen LogP contribution in [0.5, 0.6) is 5.75 Å². The van der Waals surface area contributed by atoms with Gasteiger partial charge in [0, 0.05) is 21.5 Å². The molecule has 0 unspecified atom stereocenters. The molecule has 2 nitrogen and oxygen atoms in total. The number of hydrogen-bond donors (Lipinski definition) is 1. The van der Waals surface area contributed by atoms with Crippen LogP contribution in [-0.2, 0) is 0 Å². The number of nitrogen functional groups attached to an aromatic ring is 1. The summed E-state index contributed by atoms with van der Waals surface area (Å²) in [7, 11) is 0. The number of anilines is 1. The molecule has 2 aromatic carbocycles. The van der Waals surface area contributed by atoms with Crippen molar-refractivity contribution in [3.8, 4) is 5.75 Å². The zero-order valence-electron chi connectivity index (χ0n) is 11.0. The summed E-state index contributed by atoms with van der Waals surface area (Å²) in [6, 6.07) is 10.3. The normalized spacial score (nSPS) is 10.6. The highest BCUT2D eigenvalue weighted by Crippen LogP contribution is 2.38. The molecule has 106 valence electrons. The molecule has 0 aliphatic heterocycles. The predicted molar refractivity (Wildman–Crippen MR) is 82.2 cm³/mol. The zero-order chi connectivity index (χ0) is 14.5. The second-order valence-corrected chi connectivity index (χ2v) is 5.69. The van der Waals surface area contributed by atoms with Gasteiger partial charge in [0.2, 0.25) is 0 Å². The van der Waals surface area contributed by atoms with Crippen molar-refractivity contribution in [3.63, 3.8) is 0 Å². The summed E-state index contributed by atoms with van der Waals surface area (Å²) in [5.74, 6) is -0.227. The predicted octanol–water partition coefficient (Wildman–Crippen LogP) is 5.00. The molecule has 0 fully saturated rings. The molecule has 0 amide bonds. The summed E-state index contributed by atoms with van der Waals surface area (Å²) in [5, 5.41) is 0.636. The number of ether oxygens (including phenoxy) is 1. The Morgan fingerprint density at radius 1 is 1.25 bits per heavy atom. The number of nitrogens with two attached hydrogens (primary N) is 1. The number of hydrogen-bond acceptors (Lipinski definition) is 3. The zero-order valence-corrected chi connectivity index (χ0v) is 12.6. The third-order valence-electron chi connectivity index (χ3n) is 2.58. The maximum Gasteiger partial charge on any atom is 0.167 e. The smallest absolute Gasteiger partial charge is 0.167 e. The maximum atomic E-state index is 13.7. The van der Waals surface area contributed by atoms with Crippen LogP contribution in [0, 0.1) is 5.82 Å². The Labute approximate surface area is 127 Å².